The maximum atomic E-state index is 12.5. The largest absolute Gasteiger partial charge is 0.450 e. The Balaban J connectivity index is 1.75. The summed E-state index contributed by atoms with van der Waals surface area (Å²) in [5, 5.41) is 3.46. The van der Waals surface area contributed by atoms with Gasteiger partial charge in [0, 0.05) is 11.1 Å². The fourth-order valence-electron chi connectivity index (χ4n) is 2.63. The van der Waals surface area contributed by atoms with Gasteiger partial charge in [0.1, 0.15) is 5.75 Å². The Morgan fingerprint density at radius 3 is 2.48 bits per heavy atom. The van der Waals surface area contributed by atoms with Gasteiger partial charge in [-0.1, -0.05) is 12.1 Å². The van der Waals surface area contributed by atoms with Crippen LogP contribution in [-0.4, -0.2) is 23.7 Å². The zero-order valence-electron chi connectivity index (χ0n) is 15.4. The van der Waals surface area contributed by atoms with Crippen LogP contribution in [0.1, 0.15) is 28.5 Å². The van der Waals surface area contributed by atoms with E-state index in [1.54, 1.807) is 44.2 Å². The van der Waals surface area contributed by atoms with Gasteiger partial charge >= 0.3 is 12.1 Å². The molecule has 0 spiro atoms. The Kier molecular flexibility index (Phi) is 5.35. The number of benzene rings is 2. The first-order valence-electron chi connectivity index (χ1n) is 8.60. The van der Waals surface area contributed by atoms with Crippen molar-refractivity contribution in [3.05, 3.63) is 65.4 Å². The molecular weight excluding hydrogens is 344 g/mol. The SMILES string of the molecule is CCOC(=O)Nc1ccc(OC(=O)c2cc3ccc(C)cc3nc2C)cc1. The summed E-state index contributed by atoms with van der Waals surface area (Å²) in [6.07, 6.45) is -0.532. The molecule has 138 valence electrons. The molecule has 2 aromatic carbocycles. The minimum atomic E-state index is -0.532. The predicted molar refractivity (Wildman–Crippen MR) is 103 cm³/mol. The van der Waals surface area contributed by atoms with E-state index in [1.165, 1.54) is 0 Å². The summed E-state index contributed by atoms with van der Waals surface area (Å²) in [5.41, 5.74) is 3.53. The van der Waals surface area contributed by atoms with Gasteiger partial charge in [-0.2, -0.15) is 0 Å². The number of nitrogens with zero attached hydrogens (tertiary/aromatic N) is 1. The lowest BCUT2D eigenvalue weighted by molar-refractivity contribution is 0.0733. The second-order valence-corrected chi connectivity index (χ2v) is 6.08. The van der Waals surface area contributed by atoms with Crippen LogP contribution in [-0.2, 0) is 4.74 Å². The van der Waals surface area contributed by atoms with Crippen molar-refractivity contribution in [1.29, 1.82) is 0 Å². The van der Waals surface area contributed by atoms with Crippen molar-refractivity contribution in [2.75, 3.05) is 11.9 Å². The Bertz CT molecular complexity index is 997. The first-order chi connectivity index (χ1) is 13.0. The number of carbonyl (C=O) groups is 2. The summed E-state index contributed by atoms with van der Waals surface area (Å²) >= 11 is 0. The van der Waals surface area contributed by atoms with E-state index in [4.69, 9.17) is 9.47 Å². The molecule has 1 amide bonds. The number of ether oxygens (including phenoxy) is 2. The summed E-state index contributed by atoms with van der Waals surface area (Å²) in [5.74, 6) is -0.105. The van der Waals surface area contributed by atoms with Crippen molar-refractivity contribution in [2.24, 2.45) is 0 Å². The van der Waals surface area contributed by atoms with E-state index in [-0.39, 0.29) is 0 Å². The number of esters is 1. The predicted octanol–water partition coefficient (Wildman–Crippen LogP) is 4.64. The van der Waals surface area contributed by atoms with E-state index in [0.29, 0.717) is 29.3 Å². The molecule has 0 unspecified atom stereocenters. The summed E-state index contributed by atoms with van der Waals surface area (Å²) in [6, 6.07) is 14.1. The quantitative estimate of drug-likeness (QED) is 0.539. The monoisotopic (exact) mass is 364 g/mol. The number of rotatable bonds is 4. The number of nitrogens with one attached hydrogen (secondary N) is 1. The lowest BCUT2D eigenvalue weighted by Crippen LogP contribution is -2.13. The van der Waals surface area contributed by atoms with Crippen LogP contribution in [0.15, 0.2) is 48.5 Å². The number of pyridine rings is 1. The molecule has 0 bridgehead atoms. The first-order valence-corrected chi connectivity index (χ1v) is 8.60. The van der Waals surface area contributed by atoms with Crippen LogP contribution in [0.3, 0.4) is 0 Å². The van der Waals surface area contributed by atoms with E-state index in [1.807, 2.05) is 25.1 Å². The molecule has 6 nitrogen and oxygen atoms in total. The van der Waals surface area contributed by atoms with Crippen molar-refractivity contribution in [1.82, 2.24) is 4.98 Å². The lowest BCUT2D eigenvalue weighted by Gasteiger charge is -2.09. The highest BCUT2D eigenvalue weighted by atomic mass is 16.5. The van der Waals surface area contributed by atoms with Crippen LogP contribution >= 0.6 is 0 Å². The minimum Gasteiger partial charge on any atom is -0.450 e. The number of aryl methyl sites for hydroxylation is 2. The van der Waals surface area contributed by atoms with E-state index < -0.39 is 12.1 Å². The average molecular weight is 364 g/mol. The summed E-state index contributed by atoms with van der Waals surface area (Å²) in [7, 11) is 0. The third-order valence-electron chi connectivity index (χ3n) is 3.97. The summed E-state index contributed by atoms with van der Waals surface area (Å²) in [4.78, 5) is 28.4. The molecule has 6 heteroatoms. The molecule has 0 fully saturated rings. The molecule has 3 rings (SSSR count). The molecule has 0 saturated carbocycles. The Labute approximate surface area is 157 Å². The Hall–Kier alpha value is -3.41. The molecule has 0 saturated heterocycles. The van der Waals surface area contributed by atoms with Gasteiger partial charge in [-0.05, 0) is 62.7 Å². The second kappa shape index (κ2) is 7.86. The van der Waals surface area contributed by atoms with Gasteiger partial charge in [0.15, 0.2) is 0 Å². The van der Waals surface area contributed by atoms with Crippen molar-refractivity contribution >= 4 is 28.7 Å². The minimum absolute atomic E-state index is 0.292. The highest BCUT2D eigenvalue weighted by Crippen LogP contribution is 2.21. The van der Waals surface area contributed by atoms with Crippen LogP contribution in [0.2, 0.25) is 0 Å². The van der Waals surface area contributed by atoms with Crippen molar-refractivity contribution in [3.63, 3.8) is 0 Å². The molecular formula is C21H20N2O4. The highest BCUT2D eigenvalue weighted by Gasteiger charge is 2.14. The van der Waals surface area contributed by atoms with Crippen LogP contribution in [0.4, 0.5) is 10.5 Å². The van der Waals surface area contributed by atoms with Crippen LogP contribution in [0.25, 0.3) is 10.9 Å². The average Bonchev–Trinajstić information content (AvgIpc) is 2.62. The molecule has 1 N–H and O–H groups in total. The zero-order valence-corrected chi connectivity index (χ0v) is 15.4. The topological polar surface area (TPSA) is 77.5 Å². The van der Waals surface area contributed by atoms with Crippen LogP contribution in [0.5, 0.6) is 5.75 Å². The highest BCUT2D eigenvalue weighted by molar-refractivity contribution is 5.96. The fraction of sp³-hybridized carbons (Fsp3) is 0.190. The normalized spacial score (nSPS) is 10.5. The van der Waals surface area contributed by atoms with Gasteiger partial charge in [0.2, 0.25) is 0 Å². The second-order valence-electron chi connectivity index (χ2n) is 6.08. The maximum absolute atomic E-state index is 12.5. The third kappa shape index (κ3) is 4.41. The molecule has 3 aromatic rings. The fourth-order valence-corrected chi connectivity index (χ4v) is 2.63. The van der Waals surface area contributed by atoms with Crippen molar-refractivity contribution in [3.8, 4) is 5.75 Å². The first kappa shape index (κ1) is 18.4. The lowest BCUT2D eigenvalue weighted by atomic mass is 10.1. The van der Waals surface area contributed by atoms with E-state index in [0.717, 1.165) is 16.5 Å². The van der Waals surface area contributed by atoms with E-state index >= 15 is 0 Å². The number of hydrogen-bond donors (Lipinski definition) is 1. The number of amides is 1. The number of carbonyl (C=O) groups excluding carboxylic acids is 2. The number of hydrogen-bond acceptors (Lipinski definition) is 5. The molecule has 0 aliphatic heterocycles. The molecule has 0 radical (unpaired) electrons. The standard InChI is InChI=1S/C21H20N2O4/c1-4-26-21(25)23-16-7-9-17(10-8-16)27-20(24)18-12-15-6-5-13(2)11-19(15)22-14(18)3/h5-12H,4H2,1-3H3,(H,23,25). The number of fused-ring (bicyclic) bond motifs is 1. The molecule has 1 aromatic heterocycles. The van der Waals surface area contributed by atoms with Gasteiger partial charge in [-0.15, -0.1) is 0 Å². The van der Waals surface area contributed by atoms with Gasteiger partial charge in [0.05, 0.1) is 23.4 Å². The molecule has 1 heterocycles. The van der Waals surface area contributed by atoms with Gasteiger partial charge < -0.3 is 9.47 Å². The van der Waals surface area contributed by atoms with Crippen molar-refractivity contribution in [2.45, 2.75) is 20.8 Å². The number of aromatic nitrogens is 1. The van der Waals surface area contributed by atoms with Crippen molar-refractivity contribution < 1.29 is 19.1 Å². The molecule has 0 aliphatic carbocycles. The smallest absolute Gasteiger partial charge is 0.411 e. The zero-order chi connectivity index (χ0) is 19.4. The van der Waals surface area contributed by atoms with Gasteiger partial charge in [-0.25, -0.2) is 9.59 Å². The Morgan fingerprint density at radius 1 is 1.04 bits per heavy atom. The van der Waals surface area contributed by atoms with Crippen LogP contribution < -0.4 is 10.1 Å². The van der Waals surface area contributed by atoms with E-state index in [2.05, 4.69) is 10.3 Å². The third-order valence-corrected chi connectivity index (χ3v) is 3.97. The summed E-state index contributed by atoms with van der Waals surface area (Å²) in [6.45, 7) is 5.80. The van der Waals surface area contributed by atoms with E-state index in [9.17, 15) is 9.59 Å². The number of anilines is 1. The molecule has 0 atom stereocenters. The maximum Gasteiger partial charge on any atom is 0.411 e. The van der Waals surface area contributed by atoms with Gasteiger partial charge in [0.25, 0.3) is 0 Å². The summed E-state index contributed by atoms with van der Waals surface area (Å²) < 4.78 is 10.3. The van der Waals surface area contributed by atoms with Gasteiger partial charge in [-0.3, -0.25) is 10.3 Å². The molecule has 0 aliphatic rings. The van der Waals surface area contributed by atoms with Crippen LogP contribution in [0, 0.1) is 13.8 Å². The molecule has 27 heavy (non-hydrogen) atoms. The Morgan fingerprint density at radius 2 is 1.78 bits per heavy atom.